The van der Waals surface area contributed by atoms with Crippen LogP contribution in [0.5, 0.6) is 0 Å². The van der Waals surface area contributed by atoms with Crippen molar-refractivity contribution in [2.24, 2.45) is 5.92 Å². The maximum Gasteiger partial charge on any atom is 0.240 e. The summed E-state index contributed by atoms with van der Waals surface area (Å²) in [5.74, 6) is -0.143. The summed E-state index contributed by atoms with van der Waals surface area (Å²) in [5, 5.41) is 15.6. The van der Waals surface area contributed by atoms with Crippen LogP contribution in [-0.4, -0.2) is 26.0 Å². The van der Waals surface area contributed by atoms with E-state index in [-0.39, 0.29) is 23.3 Å². The van der Waals surface area contributed by atoms with Gasteiger partial charge in [0.15, 0.2) is 0 Å². The lowest BCUT2D eigenvalue weighted by molar-refractivity contribution is -0.114. The van der Waals surface area contributed by atoms with Gasteiger partial charge < -0.3 is 10.4 Å². The van der Waals surface area contributed by atoms with E-state index in [0.29, 0.717) is 11.3 Å². The highest BCUT2D eigenvalue weighted by Crippen LogP contribution is 2.46. The predicted octanol–water partition coefficient (Wildman–Crippen LogP) is 2.59. The molecule has 1 aromatic carbocycles. The average molecular weight is 395 g/mol. The Morgan fingerprint density at radius 2 is 2.08 bits per heavy atom. The second kappa shape index (κ2) is 7.11. The topological polar surface area (TPSA) is 95.5 Å². The second-order valence-corrected chi connectivity index (χ2v) is 9.34. The third-order valence-electron chi connectivity index (χ3n) is 4.52. The number of hydrogen-bond acceptors (Lipinski definition) is 5. The van der Waals surface area contributed by atoms with E-state index < -0.39 is 15.6 Å². The van der Waals surface area contributed by atoms with E-state index in [1.807, 2.05) is 17.5 Å². The monoisotopic (exact) mass is 394 g/mol. The van der Waals surface area contributed by atoms with Crippen LogP contribution in [0.25, 0.3) is 0 Å². The number of sulfonamides is 1. The van der Waals surface area contributed by atoms with Gasteiger partial charge in [0.25, 0.3) is 0 Å². The Morgan fingerprint density at radius 3 is 2.62 bits per heavy atom. The van der Waals surface area contributed by atoms with E-state index in [0.717, 1.165) is 17.7 Å². The zero-order valence-corrected chi connectivity index (χ0v) is 16.3. The molecule has 3 rings (SSSR count). The van der Waals surface area contributed by atoms with Gasteiger partial charge >= 0.3 is 0 Å². The SMILES string of the molecule is CC(=O)Nc1ccc(S(=O)(=O)NC[C@@](O)(c2cccs2)C2CC2)c(C)c1. The van der Waals surface area contributed by atoms with Crippen LogP contribution in [0.4, 0.5) is 5.69 Å². The fourth-order valence-electron chi connectivity index (χ4n) is 3.03. The summed E-state index contributed by atoms with van der Waals surface area (Å²) >= 11 is 1.43. The number of nitrogens with one attached hydrogen (secondary N) is 2. The summed E-state index contributed by atoms with van der Waals surface area (Å²) in [6.45, 7) is 3.00. The van der Waals surface area contributed by atoms with Crippen LogP contribution < -0.4 is 10.0 Å². The van der Waals surface area contributed by atoms with Gasteiger partial charge in [-0.3, -0.25) is 4.79 Å². The van der Waals surface area contributed by atoms with Crippen molar-refractivity contribution < 1.29 is 18.3 Å². The van der Waals surface area contributed by atoms with Crippen molar-refractivity contribution in [2.45, 2.75) is 37.2 Å². The normalized spacial score (nSPS) is 16.9. The minimum Gasteiger partial charge on any atom is -0.383 e. The molecule has 1 heterocycles. The first-order chi connectivity index (χ1) is 12.2. The summed E-state index contributed by atoms with van der Waals surface area (Å²) in [6.07, 6.45) is 1.78. The molecule has 1 fully saturated rings. The number of carbonyl (C=O) groups excluding carboxylic acids is 1. The number of thiophene rings is 1. The van der Waals surface area contributed by atoms with E-state index >= 15 is 0 Å². The number of aliphatic hydroxyl groups is 1. The lowest BCUT2D eigenvalue weighted by Crippen LogP contribution is -2.42. The fourth-order valence-corrected chi connectivity index (χ4v) is 5.23. The van der Waals surface area contributed by atoms with E-state index in [9.17, 15) is 18.3 Å². The molecule has 2 aromatic rings. The van der Waals surface area contributed by atoms with Gasteiger partial charge in [-0.25, -0.2) is 13.1 Å². The standard InChI is InChI=1S/C18H22N2O4S2/c1-12-10-15(20-13(2)21)7-8-16(12)26(23,24)19-11-18(22,14-5-6-14)17-4-3-9-25-17/h3-4,7-10,14,19,22H,5-6,11H2,1-2H3,(H,20,21)/t18-/m0/s1. The molecule has 0 unspecified atom stereocenters. The molecule has 1 saturated carbocycles. The number of rotatable bonds is 7. The molecule has 0 radical (unpaired) electrons. The van der Waals surface area contributed by atoms with Gasteiger partial charge in [0, 0.05) is 24.0 Å². The van der Waals surface area contributed by atoms with Gasteiger partial charge in [-0.1, -0.05) is 6.07 Å². The van der Waals surface area contributed by atoms with Crippen molar-refractivity contribution >= 4 is 33.0 Å². The fraction of sp³-hybridized carbons (Fsp3) is 0.389. The largest absolute Gasteiger partial charge is 0.383 e. The lowest BCUT2D eigenvalue weighted by Gasteiger charge is -2.27. The van der Waals surface area contributed by atoms with Gasteiger partial charge in [0.2, 0.25) is 15.9 Å². The Hall–Kier alpha value is -1.74. The van der Waals surface area contributed by atoms with Crippen LogP contribution in [0.2, 0.25) is 0 Å². The van der Waals surface area contributed by atoms with Crippen molar-refractivity contribution in [3.8, 4) is 0 Å². The molecule has 1 amide bonds. The minimum absolute atomic E-state index is 0.0621. The van der Waals surface area contributed by atoms with E-state index in [1.54, 1.807) is 19.1 Å². The van der Waals surface area contributed by atoms with Crippen LogP contribution >= 0.6 is 11.3 Å². The van der Waals surface area contributed by atoms with Gasteiger partial charge in [0.05, 0.1) is 4.90 Å². The molecule has 1 aliphatic rings. The highest BCUT2D eigenvalue weighted by molar-refractivity contribution is 7.89. The Balaban J connectivity index is 1.79. The van der Waals surface area contributed by atoms with Crippen molar-refractivity contribution in [3.05, 3.63) is 46.2 Å². The quantitative estimate of drug-likeness (QED) is 0.673. The minimum atomic E-state index is -3.78. The molecule has 0 spiro atoms. The Kier molecular flexibility index (Phi) is 5.21. The number of carbonyl (C=O) groups is 1. The molecule has 3 N–H and O–H groups in total. The third kappa shape index (κ3) is 3.98. The van der Waals surface area contributed by atoms with E-state index in [2.05, 4.69) is 10.0 Å². The van der Waals surface area contributed by atoms with Crippen LogP contribution in [0.1, 0.15) is 30.2 Å². The van der Waals surface area contributed by atoms with E-state index in [4.69, 9.17) is 0 Å². The van der Waals surface area contributed by atoms with Crippen molar-refractivity contribution in [3.63, 3.8) is 0 Å². The first-order valence-electron chi connectivity index (χ1n) is 8.36. The lowest BCUT2D eigenvalue weighted by atomic mass is 9.96. The van der Waals surface area contributed by atoms with Gasteiger partial charge in [-0.2, -0.15) is 0 Å². The Bertz CT molecular complexity index is 905. The van der Waals surface area contributed by atoms with Crippen LogP contribution in [0.15, 0.2) is 40.6 Å². The molecule has 0 saturated heterocycles. The average Bonchev–Trinajstić information content (AvgIpc) is 3.27. The number of hydrogen-bond donors (Lipinski definition) is 3. The maximum absolute atomic E-state index is 12.7. The van der Waals surface area contributed by atoms with Gasteiger partial charge in [0.1, 0.15) is 5.60 Å². The zero-order valence-electron chi connectivity index (χ0n) is 14.7. The van der Waals surface area contributed by atoms with Gasteiger partial charge in [-0.15, -0.1) is 11.3 Å². The molecule has 0 aliphatic heterocycles. The summed E-state index contributed by atoms with van der Waals surface area (Å²) in [4.78, 5) is 12.0. The summed E-state index contributed by atoms with van der Waals surface area (Å²) in [6, 6.07) is 8.32. The predicted molar refractivity (Wildman–Crippen MR) is 102 cm³/mol. The molecule has 0 bridgehead atoms. The summed E-state index contributed by atoms with van der Waals surface area (Å²) in [7, 11) is -3.78. The number of benzene rings is 1. The third-order valence-corrected chi connectivity index (χ3v) is 7.12. The summed E-state index contributed by atoms with van der Waals surface area (Å²) < 4.78 is 28.0. The van der Waals surface area contributed by atoms with Gasteiger partial charge in [-0.05, 0) is 60.9 Å². The molecule has 1 atom stereocenters. The highest BCUT2D eigenvalue weighted by atomic mass is 32.2. The van der Waals surface area contributed by atoms with Crippen molar-refractivity contribution in [2.75, 3.05) is 11.9 Å². The maximum atomic E-state index is 12.7. The van der Waals surface area contributed by atoms with Crippen molar-refractivity contribution in [1.29, 1.82) is 0 Å². The molecule has 26 heavy (non-hydrogen) atoms. The molecular weight excluding hydrogens is 372 g/mol. The molecular formula is C18H22N2O4S2. The smallest absolute Gasteiger partial charge is 0.240 e. The second-order valence-electron chi connectivity index (χ2n) is 6.66. The number of anilines is 1. The number of amides is 1. The Morgan fingerprint density at radius 1 is 1.35 bits per heavy atom. The highest BCUT2D eigenvalue weighted by Gasteiger charge is 2.46. The van der Waals surface area contributed by atoms with Crippen LogP contribution in [-0.2, 0) is 20.4 Å². The van der Waals surface area contributed by atoms with Crippen molar-refractivity contribution in [1.82, 2.24) is 4.72 Å². The Labute approximate surface area is 157 Å². The van der Waals surface area contributed by atoms with E-state index in [1.165, 1.54) is 24.3 Å². The molecule has 8 heteroatoms. The van der Waals surface area contributed by atoms with Crippen LogP contribution in [0.3, 0.4) is 0 Å². The molecule has 1 aliphatic carbocycles. The number of aryl methyl sites for hydroxylation is 1. The molecule has 6 nitrogen and oxygen atoms in total. The first-order valence-corrected chi connectivity index (χ1v) is 10.7. The first kappa shape index (κ1) is 19.0. The zero-order chi connectivity index (χ0) is 18.9. The molecule has 140 valence electrons. The summed E-state index contributed by atoms with van der Waals surface area (Å²) in [5.41, 5.74) is -0.109. The van der Waals surface area contributed by atoms with Crippen LogP contribution in [0, 0.1) is 12.8 Å². The molecule has 1 aromatic heterocycles.